The van der Waals surface area contributed by atoms with Crippen LogP contribution in [-0.4, -0.2) is 83.5 Å². The molecule has 0 spiro atoms. The average Bonchev–Trinajstić information content (AvgIpc) is 2.91. The molecule has 8 nitrogen and oxygen atoms in total. The summed E-state index contributed by atoms with van der Waals surface area (Å²) >= 11 is 0. The molecular formula is C32H54N3O5+. The van der Waals surface area contributed by atoms with Crippen LogP contribution in [0.15, 0.2) is 24.3 Å². The maximum Gasteiger partial charge on any atom is 0.225 e. The molecule has 5 atom stereocenters. The number of hydrogen-bond acceptors (Lipinski definition) is 6. The summed E-state index contributed by atoms with van der Waals surface area (Å²) in [5.41, 5.74) is 0.497. The van der Waals surface area contributed by atoms with Crippen molar-refractivity contribution in [2.75, 3.05) is 59.8 Å². The number of piperidine rings is 1. The van der Waals surface area contributed by atoms with Gasteiger partial charge in [-0.15, -0.1) is 0 Å². The fourth-order valence-electron chi connectivity index (χ4n) is 6.82. The molecule has 1 unspecified atom stereocenters. The second-order valence-corrected chi connectivity index (χ2v) is 13.7. The van der Waals surface area contributed by atoms with E-state index in [0.29, 0.717) is 24.6 Å². The van der Waals surface area contributed by atoms with Gasteiger partial charge in [0.1, 0.15) is 6.54 Å². The normalized spacial score (nSPS) is 30.2. The van der Waals surface area contributed by atoms with Crippen LogP contribution < -0.4 is 19.9 Å². The first-order valence-electron chi connectivity index (χ1n) is 15.4. The Labute approximate surface area is 242 Å². The molecule has 3 heterocycles. The molecule has 1 aromatic carbocycles. The number of hydrogen-bond donors (Lipinski definition) is 2. The zero-order valence-corrected chi connectivity index (χ0v) is 25.8. The maximum absolute atomic E-state index is 13.1. The summed E-state index contributed by atoms with van der Waals surface area (Å²) in [5.74, 6) is 2.10. The number of benzene rings is 1. The number of nitrogens with zero attached hydrogens (tertiary/aromatic N) is 1. The van der Waals surface area contributed by atoms with E-state index in [2.05, 4.69) is 63.5 Å². The summed E-state index contributed by atoms with van der Waals surface area (Å²) in [4.78, 5) is 13.1. The number of carbonyl (C=O) groups is 1. The molecule has 1 aromatic rings. The molecule has 40 heavy (non-hydrogen) atoms. The monoisotopic (exact) mass is 560 g/mol. The zero-order chi connectivity index (χ0) is 28.8. The number of rotatable bonds is 12. The molecule has 0 radical (unpaired) electrons. The van der Waals surface area contributed by atoms with Crippen molar-refractivity contribution in [3.8, 4) is 5.75 Å². The third-order valence-electron chi connectivity index (χ3n) is 9.12. The summed E-state index contributed by atoms with van der Waals surface area (Å²) in [6, 6.07) is 8.72. The van der Waals surface area contributed by atoms with Crippen molar-refractivity contribution in [3.63, 3.8) is 0 Å². The highest BCUT2D eigenvalue weighted by Gasteiger charge is 2.46. The van der Waals surface area contributed by atoms with E-state index < -0.39 is 5.41 Å². The molecule has 0 saturated carbocycles. The molecule has 3 aliphatic heterocycles. The number of nitrogens with one attached hydrogen (secondary N) is 2. The van der Waals surface area contributed by atoms with Crippen LogP contribution in [0.4, 0.5) is 5.69 Å². The van der Waals surface area contributed by atoms with Crippen LogP contribution in [0.2, 0.25) is 0 Å². The van der Waals surface area contributed by atoms with Crippen LogP contribution in [0.25, 0.3) is 0 Å². The molecule has 2 fully saturated rings. The van der Waals surface area contributed by atoms with Gasteiger partial charge in [-0.25, -0.2) is 0 Å². The van der Waals surface area contributed by atoms with E-state index >= 15 is 0 Å². The van der Waals surface area contributed by atoms with Gasteiger partial charge in [0.25, 0.3) is 0 Å². The molecule has 0 aliphatic carbocycles. The number of quaternary nitrogens is 1. The standard InChI is InChI=1S/C32H53N3O5/c1-24-21-38-17-14-25(24)19-34-30(36)31(2,3)18-26-12-13-27(20-33-26)39-23-35(15-9-16-37-6)22-32(4,5)40-29-11-8-7-10-28(29)35/h7-8,10-11,24-27,33H,9,12-23H2,1-6H3/p+1/t24-,25+,26-,27+,35?/m0/s1. The van der Waals surface area contributed by atoms with Crippen molar-refractivity contribution >= 4 is 11.6 Å². The Morgan fingerprint density at radius 1 is 1.23 bits per heavy atom. The molecule has 226 valence electrons. The Morgan fingerprint density at radius 2 is 2.02 bits per heavy atom. The van der Waals surface area contributed by atoms with Gasteiger partial charge in [-0.3, -0.25) is 9.28 Å². The van der Waals surface area contributed by atoms with Crippen LogP contribution >= 0.6 is 0 Å². The third-order valence-corrected chi connectivity index (χ3v) is 9.12. The molecule has 1 amide bonds. The number of ether oxygens (including phenoxy) is 4. The van der Waals surface area contributed by atoms with Gasteiger partial charge in [0.2, 0.25) is 5.91 Å². The first kappa shape index (κ1) is 31.2. The molecule has 2 N–H and O–H groups in total. The Morgan fingerprint density at radius 3 is 2.75 bits per heavy atom. The van der Waals surface area contributed by atoms with Gasteiger partial charge in [-0.1, -0.05) is 32.9 Å². The lowest BCUT2D eigenvalue weighted by Crippen LogP contribution is -2.63. The van der Waals surface area contributed by atoms with Crippen molar-refractivity contribution < 1.29 is 23.7 Å². The van der Waals surface area contributed by atoms with Crippen molar-refractivity contribution in [1.82, 2.24) is 15.1 Å². The predicted octanol–water partition coefficient (Wildman–Crippen LogP) is 4.50. The second kappa shape index (κ2) is 13.5. The van der Waals surface area contributed by atoms with E-state index in [0.717, 1.165) is 88.3 Å². The minimum Gasteiger partial charge on any atom is -0.476 e. The highest BCUT2D eigenvalue weighted by molar-refractivity contribution is 5.81. The molecule has 2 saturated heterocycles. The van der Waals surface area contributed by atoms with Crippen LogP contribution in [-0.2, 0) is 19.0 Å². The maximum atomic E-state index is 13.1. The van der Waals surface area contributed by atoms with Gasteiger partial charge >= 0.3 is 0 Å². The largest absolute Gasteiger partial charge is 0.476 e. The minimum atomic E-state index is -0.417. The van der Waals surface area contributed by atoms with Crippen LogP contribution in [0.5, 0.6) is 5.75 Å². The lowest BCUT2D eigenvalue weighted by atomic mass is 9.81. The topological polar surface area (TPSA) is 78.1 Å². The van der Waals surface area contributed by atoms with Gasteiger partial charge < -0.3 is 29.6 Å². The molecule has 0 aromatic heterocycles. The van der Waals surface area contributed by atoms with Crippen molar-refractivity contribution in [2.24, 2.45) is 17.3 Å². The summed E-state index contributed by atoms with van der Waals surface area (Å²) in [7, 11) is 1.76. The molecule has 0 bridgehead atoms. The fraction of sp³-hybridized carbons (Fsp3) is 0.781. The summed E-state index contributed by atoms with van der Waals surface area (Å²) in [5, 5.41) is 6.96. The summed E-state index contributed by atoms with van der Waals surface area (Å²) < 4.78 is 24.7. The Kier molecular flexibility index (Phi) is 10.5. The fourth-order valence-corrected chi connectivity index (χ4v) is 6.82. The van der Waals surface area contributed by atoms with E-state index in [-0.39, 0.29) is 17.6 Å². The Balaban J connectivity index is 1.30. The molecule has 3 aliphatic rings. The van der Waals surface area contributed by atoms with E-state index in [1.165, 1.54) is 5.69 Å². The van der Waals surface area contributed by atoms with Crippen LogP contribution in [0.3, 0.4) is 0 Å². The SMILES string of the molecule is COCCC[N+]1(CO[C@@H]2CC[C@@H](CC(C)(C)C(=O)NC[C@H]3CCOC[C@@H]3C)NC2)CC(C)(C)Oc2ccccc21. The number of para-hydroxylation sites is 2. The minimum absolute atomic E-state index is 0.152. The van der Waals surface area contributed by atoms with E-state index in [9.17, 15) is 4.79 Å². The summed E-state index contributed by atoms with van der Waals surface area (Å²) in [6.45, 7) is 17.0. The van der Waals surface area contributed by atoms with Crippen molar-refractivity contribution in [3.05, 3.63) is 24.3 Å². The van der Waals surface area contributed by atoms with Crippen LogP contribution in [0.1, 0.15) is 66.7 Å². The number of amides is 1. The van der Waals surface area contributed by atoms with Crippen LogP contribution in [0, 0.1) is 17.3 Å². The van der Waals surface area contributed by atoms with E-state index in [1.54, 1.807) is 7.11 Å². The zero-order valence-electron chi connectivity index (χ0n) is 25.8. The van der Waals surface area contributed by atoms with Gasteiger partial charge in [0.05, 0.1) is 19.3 Å². The molecule has 4 rings (SSSR count). The lowest BCUT2D eigenvalue weighted by Gasteiger charge is -2.47. The predicted molar refractivity (Wildman–Crippen MR) is 159 cm³/mol. The number of methoxy groups -OCH3 is 1. The van der Waals surface area contributed by atoms with E-state index in [1.807, 2.05) is 6.07 Å². The van der Waals surface area contributed by atoms with Gasteiger partial charge in [0.15, 0.2) is 23.8 Å². The highest BCUT2D eigenvalue weighted by Crippen LogP contribution is 2.42. The Bertz CT molecular complexity index is 962. The number of carbonyl (C=O) groups excluding carboxylic acids is 1. The lowest BCUT2D eigenvalue weighted by molar-refractivity contribution is -0.130. The smallest absolute Gasteiger partial charge is 0.225 e. The summed E-state index contributed by atoms with van der Waals surface area (Å²) in [6.07, 6.45) is 4.96. The van der Waals surface area contributed by atoms with E-state index in [4.69, 9.17) is 18.9 Å². The second-order valence-electron chi connectivity index (χ2n) is 13.7. The average molecular weight is 561 g/mol. The third kappa shape index (κ3) is 7.97. The van der Waals surface area contributed by atoms with Gasteiger partial charge in [-0.05, 0) is 57.4 Å². The molecule has 8 heteroatoms. The van der Waals surface area contributed by atoms with Crippen molar-refractivity contribution in [2.45, 2.75) is 84.5 Å². The first-order valence-corrected chi connectivity index (χ1v) is 15.4. The molecular weight excluding hydrogens is 506 g/mol. The Hall–Kier alpha value is -1.71. The van der Waals surface area contributed by atoms with Gasteiger partial charge in [-0.2, -0.15) is 0 Å². The highest BCUT2D eigenvalue weighted by atomic mass is 16.5. The van der Waals surface area contributed by atoms with Gasteiger partial charge in [0, 0.05) is 57.4 Å². The van der Waals surface area contributed by atoms with Crippen molar-refractivity contribution in [1.29, 1.82) is 0 Å². The first-order chi connectivity index (χ1) is 19.0. The number of fused-ring (bicyclic) bond motifs is 1. The quantitative estimate of drug-likeness (QED) is 0.290.